The molecule has 3 nitrogen and oxygen atoms in total. The molecular formula is C11H11F2NO2. The second kappa shape index (κ2) is 3.75. The van der Waals surface area contributed by atoms with Gasteiger partial charge in [-0.05, 0) is 12.5 Å². The molecule has 0 amide bonds. The molecule has 2 N–H and O–H groups in total. The minimum atomic E-state index is -3.60. The molecule has 0 aromatic heterocycles. The number of rotatable bonds is 3. The van der Waals surface area contributed by atoms with Crippen LogP contribution in [0.25, 0.3) is 0 Å². The first-order valence-corrected chi connectivity index (χ1v) is 4.79. The van der Waals surface area contributed by atoms with Crippen molar-refractivity contribution in [1.29, 1.82) is 0 Å². The van der Waals surface area contributed by atoms with Crippen molar-refractivity contribution in [2.45, 2.75) is 18.8 Å². The number of benzene rings is 1. The van der Waals surface area contributed by atoms with Gasteiger partial charge in [-0.2, -0.15) is 0 Å². The molecule has 0 saturated heterocycles. The Hall–Kier alpha value is -1.62. The highest BCUT2D eigenvalue weighted by Crippen LogP contribution is 2.45. The number of para-hydroxylation sites is 1. The maximum atomic E-state index is 12.9. The Labute approximate surface area is 91.5 Å². The molecule has 1 aromatic carbocycles. The lowest BCUT2D eigenvalue weighted by Crippen LogP contribution is -2.26. The molecule has 0 spiro atoms. The van der Waals surface area contributed by atoms with E-state index in [-0.39, 0.29) is 11.5 Å². The highest BCUT2D eigenvalue weighted by molar-refractivity contribution is 5.50. The van der Waals surface area contributed by atoms with Gasteiger partial charge in [0.2, 0.25) is 0 Å². The minimum absolute atomic E-state index is 0.0156. The Morgan fingerprint density at radius 1 is 1.44 bits per heavy atom. The molecule has 1 heterocycles. The zero-order valence-corrected chi connectivity index (χ0v) is 8.45. The molecule has 86 valence electrons. The van der Waals surface area contributed by atoms with Crippen molar-refractivity contribution in [2.75, 3.05) is 0 Å². The van der Waals surface area contributed by atoms with Crippen molar-refractivity contribution in [3.63, 3.8) is 0 Å². The molecule has 0 aliphatic carbocycles. The van der Waals surface area contributed by atoms with E-state index in [2.05, 4.69) is 16.1 Å². The monoisotopic (exact) mass is 227 g/mol. The van der Waals surface area contributed by atoms with Crippen molar-refractivity contribution in [2.24, 2.45) is 5.73 Å². The van der Waals surface area contributed by atoms with Crippen LogP contribution in [-0.4, -0.2) is 6.29 Å². The van der Waals surface area contributed by atoms with Crippen LogP contribution in [0.1, 0.15) is 18.0 Å². The summed E-state index contributed by atoms with van der Waals surface area (Å²) in [6.45, 7) is 3.55. The highest BCUT2D eigenvalue weighted by Gasteiger charge is 2.44. The van der Waals surface area contributed by atoms with Gasteiger partial charge in [-0.15, -0.1) is 15.4 Å². The first kappa shape index (κ1) is 10.9. The standard InChI is InChI=1S/C11H11F2NO2/c1-2-4-8(14)7-5-3-6-9-10(7)16-11(12,13)15-9/h2-3,5-6,8H,1,4,14H2/t8-/m0/s1. The summed E-state index contributed by atoms with van der Waals surface area (Å²) in [5, 5.41) is 0. The fourth-order valence-electron chi connectivity index (χ4n) is 1.59. The number of hydrogen-bond donors (Lipinski definition) is 1. The Bertz CT molecular complexity index is 420. The van der Waals surface area contributed by atoms with Crippen LogP contribution in [0.3, 0.4) is 0 Å². The van der Waals surface area contributed by atoms with E-state index in [1.807, 2.05) is 0 Å². The summed E-state index contributed by atoms with van der Waals surface area (Å²) in [6, 6.07) is 4.23. The fraction of sp³-hybridized carbons (Fsp3) is 0.273. The molecule has 1 aromatic rings. The summed E-state index contributed by atoms with van der Waals surface area (Å²) in [7, 11) is 0. The molecule has 2 rings (SSSR count). The number of fused-ring (bicyclic) bond motifs is 1. The summed E-state index contributed by atoms with van der Waals surface area (Å²) < 4.78 is 34.5. The van der Waals surface area contributed by atoms with Gasteiger partial charge < -0.3 is 15.2 Å². The lowest BCUT2D eigenvalue weighted by molar-refractivity contribution is -0.287. The predicted octanol–water partition coefficient (Wildman–Crippen LogP) is 2.58. The smallest absolute Gasteiger partial charge is 0.395 e. The third-order valence-corrected chi connectivity index (χ3v) is 2.28. The van der Waals surface area contributed by atoms with Gasteiger partial charge in [0, 0.05) is 11.6 Å². The van der Waals surface area contributed by atoms with E-state index in [1.165, 1.54) is 6.07 Å². The number of nitrogens with two attached hydrogens (primary N) is 1. The third kappa shape index (κ3) is 1.86. The summed E-state index contributed by atoms with van der Waals surface area (Å²) in [4.78, 5) is 0. The molecule has 0 saturated carbocycles. The normalized spacial score (nSPS) is 18.2. The summed E-state index contributed by atoms with van der Waals surface area (Å²) in [6.07, 6.45) is -1.50. The van der Waals surface area contributed by atoms with Crippen molar-refractivity contribution >= 4 is 0 Å². The van der Waals surface area contributed by atoms with E-state index in [4.69, 9.17) is 5.73 Å². The van der Waals surface area contributed by atoms with Crippen LogP contribution < -0.4 is 15.2 Å². The second-order valence-corrected chi connectivity index (χ2v) is 3.47. The Balaban J connectivity index is 2.36. The van der Waals surface area contributed by atoms with Crippen LogP contribution in [0.15, 0.2) is 30.9 Å². The fourth-order valence-corrected chi connectivity index (χ4v) is 1.59. The maximum absolute atomic E-state index is 12.9. The number of ether oxygens (including phenoxy) is 2. The van der Waals surface area contributed by atoms with Gasteiger partial charge in [-0.3, -0.25) is 0 Å². The molecule has 0 fully saturated rings. The quantitative estimate of drug-likeness (QED) is 0.807. The van der Waals surface area contributed by atoms with Crippen LogP contribution in [0.2, 0.25) is 0 Å². The topological polar surface area (TPSA) is 44.5 Å². The molecule has 1 aliphatic rings. The summed E-state index contributed by atoms with van der Waals surface area (Å²) in [5.41, 5.74) is 6.31. The Kier molecular flexibility index (Phi) is 2.55. The van der Waals surface area contributed by atoms with Gasteiger partial charge in [0.1, 0.15) is 0 Å². The molecule has 16 heavy (non-hydrogen) atoms. The Morgan fingerprint density at radius 3 is 2.88 bits per heavy atom. The molecule has 0 bridgehead atoms. The van der Waals surface area contributed by atoms with Gasteiger partial charge in [0.25, 0.3) is 0 Å². The van der Waals surface area contributed by atoms with E-state index < -0.39 is 12.3 Å². The average molecular weight is 227 g/mol. The Morgan fingerprint density at radius 2 is 2.19 bits per heavy atom. The molecular weight excluding hydrogens is 216 g/mol. The van der Waals surface area contributed by atoms with E-state index in [0.29, 0.717) is 12.0 Å². The number of alkyl halides is 2. The zero-order valence-electron chi connectivity index (χ0n) is 8.45. The molecule has 0 radical (unpaired) electrons. The lowest BCUT2D eigenvalue weighted by Gasteiger charge is -2.12. The van der Waals surface area contributed by atoms with E-state index in [9.17, 15) is 8.78 Å². The minimum Gasteiger partial charge on any atom is -0.395 e. The van der Waals surface area contributed by atoms with Crippen LogP contribution >= 0.6 is 0 Å². The number of hydrogen-bond acceptors (Lipinski definition) is 3. The first-order valence-electron chi connectivity index (χ1n) is 4.79. The predicted molar refractivity (Wildman–Crippen MR) is 54.4 cm³/mol. The first-order chi connectivity index (χ1) is 7.53. The van der Waals surface area contributed by atoms with Gasteiger partial charge in [-0.1, -0.05) is 18.2 Å². The van der Waals surface area contributed by atoms with Crippen LogP contribution in [0.5, 0.6) is 11.5 Å². The SMILES string of the molecule is C=CC[C@H](N)c1cccc2c1OC(F)(F)O2. The van der Waals surface area contributed by atoms with E-state index >= 15 is 0 Å². The van der Waals surface area contributed by atoms with Crippen LogP contribution in [0, 0.1) is 0 Å². The average Bonchev–Trinajstić information content (AvgIpc) is 2.51. The maximum Gasteiger partial charge on any atom is 0.586 e. The lowest BCUT2D eigenvalue weighted by atomic mass is 10.0. The molecule has 5 heteroatoms. The van der Waals surface area contributed by atoms with Crippen LogP contribution in [-0.2, 0) is 0 Å². The largest absolute Gasteiger partial charge is 0.586 e. The summed E-state index contributed by atoms with van der Waals surface area (Å²) in [5.74, 6) is 0.0314. The van der Waals surface area contributed by atoms with Crippen molar-refractivity contribution in [1.82, 2.24) is 0 Å². The van der Waals surface area contributed by atoms with Gasteiger partial charge in [0.05, 0.1) is 0 Å². The molecule has 0 unspecified atom stereocenters. The zero-order chi connectivity index (χ0) is 11.8. The molecule has 1 atom stereocenters. The highest BCUT2D eigenvalue weighted by atomic mass is 19.3. The second-order valence-electron chi connectivity index (χ2n) is 3.47. The van der Waals surface area contributed by atoms with Crippen LogP contribution in [0.4, 0.5) is 8.78 Å². The van der Waals surface area contributed by atoms with Gasteiger partial charge >= 0.3 is 6.29 Å². The van der Waals surface area contributed by atoms with Gasteiger partial charge in [0.15, 0.2) is 11.5 Å². The van der Waals surface area contributed by atoms with Crippen molar-refractivity contribution in [3.8, 4) is 11.5 Å². The van der Waals surface area contributed by atoms with Crippen molar-refractivity contribution in [3.05, 3.63) is 36.4 Å². The third-order valence-electron chi connectivity index (χ3n) is 2.28. The number of halogens is 2. The van der Waals surface area contributed by atoms with Crippen molar-refractivity contribution < 1.29 is 18.3 Å². The molecule has 1 aliphatic heterocycles. The summed E-state index contributed by atoms with van der Waals surface area (Å²) >= 11 is 0. The van der Waals surface area contributed by atoms with E-state index in [0.717, 1.165) is 0 Å². The van der Waals surface area contributed by atoms with E-state index in [1.54, 1.807) is 18.2 Å². The van der Waals surface area contributed by atoms with Gasteiger partial charge in [-0.25, -0.2) is 0 Å².